The van der Waals surface area contributed by atoms with Crippen LogP contribution < -0.4 is 0 Å². The van der Waals surface area contributed by atoms with Crippen LogP contribution in [-0.4, -0.2) is 12.2 Å². The van der Waals surface area contributed by atoms with Gasteiger partial charge in [0, 0.05) is 7.11 Å². The van der Waals surface area contributed by atoms with Gasteiger partial charge in [0.15, 0.2) is 0 Å². The van der Waals surface area contributed by atoms with E-state index in [0.29, 0.717) is 5.75 Å². The standard InChI is InChI=1S/C10H12O2/c1-12-10(5-6-10)8-3-2-4-9(11)7-8/h2-4,7,11H,5-6H2,1H3. The van der Waals surface area contributed by atoms with Crippen LogP contribution in [0.2, 0.25) is 0 Å². The van der Waals surface area contributed by atoms with Gasteiger partial charge >= 0.3 is 0 Å². The lowest BCUT2D eigenvalue weighted by molar-refractivity contribution is 0.0787. The minimum atomic E-state index is -0.0846. The molecule has 0 spiro atoms. The van der Waals surface area contributed by atoms with Gasteiger partial charge in [-0.1, -0.05) is 12.1 Å². The van der Waals surface area contributed by atoms with E-state index in [2.05, 4.69) is 0 Å². The summed E-state index contributed by atoms with van der Waals surface area (Å²) in [5.74, 6) is 0.316. The van der Waals surface area contributed by atoms with Crippen LogP contribution in [0.3, 0.4) is 0 Å². The predicted octanol–water partition coefficient (Wildman–Crippen LogP) is 2.03. The maximum Gasteiger partial charge on any atom is 0.115 e. The van der Waals surface area contributed by atoms with Gasteiger partial charge in [-0.2, -0.15) is 0 Å². The number of phenolic OH excluding ortho intramolecular Hbond substituents is 1. The summed E-state index contributed by atoms with van der Waals surface area (Å²) < 4.78 is 5.38. The summed E-state index contributed by atoms with van der Waals surface area (Å²) in [5, 5.41) is 9.24. The number of ether oxygens (including phenoxy) is 1. The zero-order valence-corrected chi connectivity index (χ0v) is 7.08. The van der Waals surface area contributed by atoms with Gasteiger partial charge in [0.1, 0.15) is 5.75 Å². The molecule has 0 heterocycles. The third-order valence-electron chi connectivity index (χ3n) is 2.47. The molecule has 2 rings (SSSR count). The normalized spacial score (nSPS) is 19.1. The van der Waals surface area contributed by atoms with Gasteiger partial charge in [0.2, 0.25) is 0 Å². The summed E-state index contributed by atoms with van der Waals surface area (Å²) in [6.45, 7) is 0. The molecule has 1 aliphatic carbocycles. The number of aromatic hydroxyl groups is 1. The van der Waals surface area contributed by atoms with Crippen molar-refractivity contribution in [3.8, 4) is 5.75 Å². The van der Waals surface area contributed by atoms with Gasteiger partial charge < -0.3 is 9.84 Å². The summed E-state index contributed by atoms with van der Waals surface area (Å²) >= 11 is 0. The molecule has 1 aliphatic rings. The maximum absolute atomic E-state index is 9.24. The first-order valence-electron chi connectivity index (χ1n) is 4.11. The molecule has 12 heavy (non-hydrogen) atoms. The van der Waals surface area contributed by atoms with Crippen molar-refractivity contribution >= 4 is 0 Å². The highest BCUT2D eigenvalue weighted by Crippen LogP contribution is 2.49. The molecule has 1 saturated carbocycles. The lowest BCUT2D eigenvalue weighted by Crippen LogP contribution is -2.07. The molecule has 64 valence electrons. The lowest BCUT2D eigenvalue weighted by atomic mass is 10.1. The van der Waals surface area contributed by atoms with Crippen molar-refractivity contribution in [3.05, 3.63) is 29.8 Å². The van der Waals surface area contributed by atoms with Crippen LogP contribution in [0.1, 0.15) is 18.4 Å². The minimum absolute atomic E-state index is 0.0846. The average molecular weight is 164 g/mol. The van der Waals surface area contributed by atoms with Crippen LogP contribution in [0.4, 0.5) is 0 Å². The molecular formula is C10H12O2. The first-order chi connectivity index (χ1) is 5.77. The van der Waals surface area contributed by atoms with Crippen molar-refractivity contribution in [2.75, 3.05) is 7.11 Å². The van der Waals surface area contributed by atoms with E-state index in [1.54, 1.807) is 19.2 Å². The van der Waals surface area contributed by atoms with Crippen LogP contribution in [0.25, 0.3) is 0 Å². The summed E-state index contributed by atoms with van der Waals surface area (Å²) in [6, 6.07) is 7.30. The fraction of sp³-hybridized carbons (Fsp3) is 0.400. The molecule has 0 bridgehead atoms. The Balaban J connectivity index is 2.34. The monoisotopic (exact) mass is 164 g/mol. The van der Waals surface area contributed by atoms with E-state index in [0.717, 1.165) is 18.4 Å². The first-order valence-corrected chi connectivity index (χ1v) is 4.11. The number of rotatable bonds is 2. The van der Waals surface area contributed by atoms with Crippen molar-refractivity contribution in [2.24, 2.45) is 0 Å². The average Bonchev–Trinajstić information content (AvgIpc) is 2.84. The molecule has 0 aliphatic heterocycles. The summed E-state index contributed by atoms with van der Waals surface area (Å²) in [5.41, 5.74) is 1.00. The van der Waals surface area contributed by atoms with E-state index >= 15 is 0 Å². The third kappa shape index (κ3) is 1.08. The third-order valence-corrected chi connectivity index (χ3v) is 2.47. The SMILES string of the molecule is COC1(c2cccc(O)c2)CC1. The minimum Gasteiger partial charge on any atom is -0.508 e. The van der Waals surface area contributed by atoms with Gasteiger partial charge in [-0.3, -0.25) is 0 Å². The largest absolute Gasteiger partial charge is 0.508 e. The maximum atomic E-state index is 9.24. The van der Waals surface area contributed by atoms with Crippen molar-refractivity contribution < 1.29 is 9.84 Å². The van der Waals surface area contributed by atoms with Gasteiger partial charge in [-0.25, -0.2) is 0 Å². The fourth-order valence-electron chi connectivity index (χ4n) is 1.51. The lowest BCUT2D eigenvalue weighted by Gasteiger charge is -2.13. The highest BCUT2D eigenvalue weighted by Gasteiger charge is 2.44. The molecule has 2 nitrogen and oxygen atoms in total. The van der Waals surface area contributed by atoms with Gasteiger partial charge in [-0.15, -0.1) is 0 Å². The van der Waals surface area contributed by atoms with Crippen molar-refractivity contribution in [2.45, 2.75) is 18.4 Å². The summed E-state index contributed by atoms with van der Waals surface area (Å²) in [4.78, 5) is 0. The Hall–Kier alpha value is -1.02. The highest BCUT2D eigenvalue weighted by atomic mass is 16.5. The van der Waals surface area contributed by atoms with Crippen LogP contribution >= 0.6 is 0 Å². The second-order valence-corrected chi connectivity index (χ2v) is 3.25. The van der Waals surface area contributed by atoms with E-state index < -0.39 is 0 Å². The molecule has 1 aromatic carbocycles. The van der Waals surface area contributed by atoms with E-state index in [-0.39, 0.29) is 5.60 Å². The van der Waals surface area contributed by atoms with E-state index in [1.165, 1.54) is 0 Å². The highest BCUT2D eigenvalue weighted by molar-refractivity contribution is 5.34. The van der Waals surface area contributed by atoms with Crippen LogP contribution in [-0.2, 0) is 10.3 Å². The van der Waals surface area contributed by atoms with E-state index in [4.69, 9.17) is 4.74 Å². The van der Waals surface area contributed by atoms with E-state index in [1.807, 2.05) is 12.1 Å². The van der Waals surface area contributed by atoms with Gasteiger partial charge in [0.25, 0.3) is 0 Å². The Morgan fingerprint density at radius 2 is 2.17 bits per heavy atom. The molecule has 1 fully saturated rings. The van der Waals surface area contributed by atoms with Gasteiger partial charge in [-0.05, 0) is 30.5 Å². The fourth-order valence-corrected chi connectivity index (χ4v) is 1.51. The predicted molar refractivity (Wildman–Crippen MR) is 46.0 cm³/mol. The molecule has 0 saturated heterocycles. The Morgan fingerprint density at radius 1 is 1.42 bits per heavy atom. The Morgan fingerprint density at radius 3 is 2.67 bits per heavy atom. The number of hydrogen-bond acceptors (Lipinski definition) is 2. The zero-order chi connectivity index (χ0) is 8.60. The van der Waals surface area contributed by atoms with Crippen LogP contribution in [0, 0.1) is 0 Å². The number of benzene rings is 1. The van der Waals surface area contributed by atoms with Crippen LogP contribution in [0.15, 0.2) is 24.3 Å². The van der Waals surface area contributed by atoms with Crippen molar-refractivity contribution in [1.82, 2.24) is 0 Å². The summed E-state index contributed by atoms with van der Waals surface area (Å²) in [7, 11) is 1.72. The molecule has 0 amide bonds. The quantitative estimate of drug-likeness (QED) is 0.724. The first kappa shape index (κ1) is 7.62. The molecule has 0 aromatic heterocycles. The Kier molecular flexibility index (Phi) is 1.58. The Labute approximate surface area is 71.8 Å². The molecular weight excluding hydrogens is 152 g/mol. The Bertz CT molecular complexity index is 290. The summed E-state index contributed by atoms with van der Waals surface area (Å²) in [6.07, 6.45) is 2.12. The number of hydrogen-bond donors (Lipinski definition) is 1. The smallest absolute Gasteiger partial charge is 0.115 e. The second-order valence-electron chi connectivity index (χ2n) is 3.25. The topological polar surface area (TPSA) is 29.5 Å². The number of phenols is 1. The van der Waals surface area contributed by atoms with Crippen LogP contribution in [0.5, 0.6) is 5.75 Å². The molecule has 1 N–H and O–H groups in total. The van der Waals surface area contributed by atoms with Gasteiger partial charge in [0.05, 0.1) is 5.60 Å². The molecule has 1 aromatic rings. The van der Waals surface area contributed by atoms with Crippen molar-refractivity contribution in [3.63, 3.8) is 0 Å². The molecule has 0 atom stereocenters. The number of methoxy groups -OCH3 is 1. The molecule has 0 radical (unpaired) electrons. The molecule has 0 unspecified atom stereocenters. The van der Waals surface area contributed by atoms with Crippen molar-refractivity contribution in [1.29, 1.82) is 0 Å². The zero-order valence-electron chi connectivity index (χ0n) is 7.08. The van der Waals surface area contributed by atoms with E-state index in [9.17, 15) is 5.11 Å². The molecule has 2 heteroatoms. The second kappa shape index (κ2) is 2.49.